The Morgan fingerprint density at radius 2 is 1.73 bits per heavy atom. The van der Waals surface area contributed by atoms with Crippen LogP contribution in [0.25, 0.3) is 11.3 Å². The van der Waals surface area contributed by atoms with Crippen molar-refractivity contribution in [1.29, 1.82) is 0 Å². The number of benzene rings is 2. The molecule has 0 saturated carbocycles. The summed E-state index contributed by atoms with van der Waals surface area (Å²) in [5, 5.41) is 5.58. The number of anilines is 1. The Morgan fingerprint density at radius 3 is 2.42 bits per heavy atom. The van der Waals surface area contributed by atoms with Gasteiger partial charge in [0.25, 0.3) is 5.91 Å². The van der Waals surface area contributed by atoms with E-state index in [0.29, 0.717) is 22.9 Å². The molecule has 9 heteroatoms. The second kappa shape index (κ2) is 12.4. The predicted molar refractivity (Wildman–Crippen MR) is 153 cm³/mol. The highest BCUT2D eigenvalue weighted by Crippen LogP contribution is 2.33. The smallest absolute Gasteiger partial charge is 0.408 e. The van der Waals surface area contributed by atoms with Crippen LogP contribution in [0.3, 0.4) is 0 Å². The summed E-state index contributed by atoms with van der Waals surface area (Å²) in [6.07, 6.45) is 3.42. The zero-order valence-corrected chi connectivity index (χ0v) is 23.3. The van der Waals surface area contributed by atoms with Crippen LogP contribution in [0.15, 0.2) is 79.1 Å². The van der Waals surface area contributed by atoms with E-state index in [1.807, 2.05) is 38.1 Å². The Balaban J connectivity index is 1.53. The number of hydrogen-bond donors (Lipinski definition) is 2. The van der Waals surface area contributed by atoms with E-state index in [1.165, 1.54) is 0 Å². The van der Waals surface area contributed by atoms with Crippen LogP contribution in [-0.4, -0.2) is 32.6 Å². The van der Waals surface area contributed by atoms with Gasteiger partial charge in [0.2, 0.25) is 5.88 Å². The lowest BCUT2D eigenvalue weighted by Gasteiger charge is -2.23. The molecule has 0 unspecified atom stereocenters. The number of pyridine rings is 1. The van der Waals surface area contributed by atoms with Crippen molar-refractivity contribution in [2.45, 2.75) is 52.7 Å². The molecule has 0 aliphatic heterocycles. The highest BCUT2D eigenvalue weighted by Gasteiger charge is 2.26. The summed E-state index contributed by atoms with van der Waals surface area (Å²) in [5.74, 6) is 1.31. The summed E-state index contributed by atoms with van der Waals surface area (Å²) in [7, 11) is 0. The van der Waals surface area contributed by atoms with Crippen molar-refractivity contribution in [2.75, 3.05) is 5.32 Å². The summed E-state index contributed by atoms with van der Waals surface area (Å²) < 4.78 is 11.6. The van der Waals surface area contributed by atoms with Crippen LogP contribution in [0, 0.1) is 6.92 Å². The van der Waals surface area contributed by atoms with Crippen molar-refractivity contribution in [2.24, 2.45) is 0 Å². The number of rotatable bonds is 8. The lowest BCUT2D eigenvalue weighted by atomic mass is 10.1. The molecular weight excluding hydrogens is 506 g/mol. The molecule has 206 valence electrons. The van der Waals surface area contributed by atoms with Gasteiger partial charge in [0, 0.05) is 24.5 Å². The molecule has 2 aromatic carbocycles. The molecule has 2 amide bonds. The van der Waals surface area contributed by atoms with E-state index in [4.69, 9.17) is 9.47 Å². The monoisotopic (exact) mass is 539 g/mol. The molecule has 0 aliphatic rings. The molecule has 0 bridgehead atoms. The van der Waals surface area contributed by atoms with Crippen molar-refractivity contribution < 1.29 is 19.1 Å². The normalized spacial score (nSPS) is 11.8. The first-order chi connectivity index (χ1) is 19.1. The van der Waals surface area contributed by atoms with E-state index in [1.54, 1.807) is 75.6 Å². The number of aromatic nitrogens is 3. The number of hydrogen-bond acceptors (Lipinski definition) is 7. The van der Waals surface area contributed by atoms with Crippen LogP contribution in [0.1, 0.15) is 50.7 Å². The molecule has 9 nitrogen and oxygen atoms in total. The van der Waals surface area contributed by atoms with E-state index in [-0.39, 0.29) is 0 Å². The maximum atomic E-state index is 13.3. The van der Waals surface area contributed by atoms with E-state index >= 15 is 0 Å². The average Bonchev–Trinajstić information content (AvgIpc) is 2.93. The minimum atomic E-state index is -0.954. The lowest BCUT2D eigenvalue weighted by Crippen LogP contribution is -2.40. The Bertz CT molecular complexity index is 1480. The van der Waals surface area contributed by atoms with Crippen LogP contribution < -0.4 is 15.4 Å². The number of carbonyl (C=O) groups is 2. The summed E-state index contributed by atoms with van der Waals surface area (Å²) in [5.41, 5.74) is 2.72. The van der Waals surface area contributed by atoms with Crippen LogP contribution in [0.5, 0.6) is 11.6 Å². The first kappa shape index (κ1) is 28.2. The van der Waals surface area contributed by atoms with Crippen molar-refractivity contribution in [3.63, 3.8) is 0 Å². The first-order valence-corrected chi connectivity index (χ1v) is 13.0. The Hall–Kier alpha value is -4.79. The van der Waals surface area contributed by atoms with Gasteiger partial charge in [-0.2, -0.15) is 0 Å². The minimum absolute atomic E-state index is 0.410. The standard InChI is InChI=1S/C31H33N5O4/c1-6-26-32-18-16-24(35-26)23-13-10-17-33-29(23)39-25-15-14-22(19-20(25)2)34-28(37)27(21-11-8-7-9-12-21)36-30(38)40-31(3,4)5/h7-19,27H,6H2,1-5H3,(H,34,37)(H,36,38)/t27-/m1/s1. The molecule has 0 fully saturated rings. The highest BCUT2D eigenvalue weighted by atomic mass is 16.6. The Kier molecular flexibility index (Phi) is 8.73. The fourth-order valence-corrected chi connectivity index (χ4v) is 3.92. The number of aryl methyl sites for hydroxylation is 2. The number of nitrogens with one attached hydrogen (secondary N) is 2. The zero-order valence-electron chi connectivity index (χ0n) is 23.3. The predicted octanol–water partition coefficient (Wildman–Crippen LogP) is 6.41. The number of ether oxygens (including phenoxy) is 2. The first-order valence-electron chi connectivity index (χ1n) is 13.0. The highest BCUT2D eigenvalue weighted by molar-refractivity contribution is 5.97. The quantitative estimate of drug-likeness (QED) is 0.266. The molecule has 0 saturated heterocycles. The van der Waals surface area contributed by atoms with Gasteiger partial charge in [-0.05, 0) is 75.2 Å². The number of alkyl carbamates (subject to hydrolysis) is 1. The van der Waals surface area contributed by atoms with E-state index in [0.717, 1.165) is 29.1 Å². The molecule has 0 spiro atoms. The molecule has 1 atom stereocenters. The second-order valence-corrected chi connectivity index (χ2v) is 10.1. The Morgan fingerprint density at radius 1 is 0.950 bits per heavy atom. The van der Waals surface area contributed by atoms with E-state index in [9.17, 15) is 9.59 Å². The average molecular weight is 540 g/mol. The number of carbonyl (C=O) groups excluding carboxylic acids is 2. The fourth-order valence-electron chi connectivity index (χ4n) is 3.92. The summed E-state index contributed by atoms with van der Waals surface area (Å²) in [6.45, 7) is 9.17. The minimum Gasteiger partial charge on any atom is -0.444 e. The van der Waals surface area contributed by atoms with E-state index < -0.39 is 23.6 Å². The van der Waals surface area contributed by atoms with Crippen molar-refractivity contribution in [3.8, 4) is 22.9 Å². The van der Waals surface area contributed by atoms with Gasteiger partial charge in [-0.1, -0.05) is 37.3 Å². The van der Waals surface area contributed by atoms with Crippen LogP contribution >= 0.6 is 0 Å². The topological polar surface area (TPSA) is 115 Å². The van der Waals surface area contributed by atoms with Crippen LogP contribution in [-0.2, 0) is 16.0 Å². The van der Waals surface area contributed by atoms with Gasteiger partial charge in [0.05, 0.1) is 11.3 Å². The van der Waals surface area contributed by atoms with Crippen LogP contribution in [0.4, 0.5) is 10.5 Å². The van der Waals surface area contributed by atoms with Gasteiger partial charge in [0.15, 0.2) is 0 Å². The van der Waals surface area contributed by atoms with Gasteiger partial charge in [-0.3, -0.25) is 4.79 Å². The summed E-state index contributed by atoms with van der Waals surface area (Å²) >= 11 is 0. The SMILES string of the molecule is CCc1nccc(-c2cccnc2Oc2ccc(NC(=O)[C@H](NC(=O)OC(C)(C)C)c3ccccc3)cc2C)n1. The van der Waals surface area contributed by atoms with Crippen LogP contribution in [0.2, 0.25) is 0 Å². The van der Waals surface area contributed by atoms with Crippen molar-refractivity contribution in [3.05, 3.63) is 96.1 Å². The van der Waals surface area contributed by atoms with E-state index in [2.05, 4.69) is 25.6 Å². The van der Waals surface area contributed by atoms with Gasteiger partial charge < -0.3 is 20.1 Å². The summed E-state index contributed by atoms with van der Waals surface area (Å²) in [4.78, 5) is 39.1. The molecule has 4 aromatic rings. The van der Waals surface area contributed by atoms with Crippen molar-refractivity contribution >= 4 is 17.7 Å². The number of amides is 2. The molecule has 2 N–H and O–H groups in total. The second-order valence-electron chi connectivity index (χ2n) is 10.1. The molecule has 40 heavy (non-hydrogen) atoms. The molecule has 2 heterocycles. The molecule has 2 aromatic heterocycles. The van der Waals surface area contributed by atoms with Crippen molar-refractivity contribution in [1.82, 2.24) is 20.3 Å². The molecule has 0 aliphatic carbocycles. The number of nitrogens with zero attached hydrogens (tertiary/aromatic N) is 3. The summed E-state index contributed by atoms with van der Waals surface area (Å²) in [6, 6.07) is 18.9. The lowest BCUT2D eigenvalue weighted by molar-refractivity contribution is -0.118. The fraction of sp³-hybridized carbons (Fsp3) is 0.258. The Labute approximate surface area is 234 Å². The third kappa shape index (κ3) is 7.41. The van der Waals surface area contributed by atoms with Gasteiger partial charge >= 0.3 is 6.09 Å². The zero-order chi connectivity index (χ0) is 28.7. The molecule has 4 rings (SSSR count). The third-order valence-electron chi connectivity index (χ3n) is 5.77. The van der Waals surface area contributed by atoms with Gasteiger partial charge in [-0.25, -0.2) is 19.7 Å². The molecular formula is C31H33N5O4. The van der Waals surface area contributed by atoms with Gasteiger partial charge in [-0.15, -0.1) is 0 Å². The van der Waals surface area contributed by atoms with Gasteiger partial charge in [0.1, 0.15) is 23.2 Å². The maximum Gasteiger partial charge on any atom is 0.408 e. The maximum absolute atomic E-state index is 13.3. The third-order valence-corrected chi connectivity index (χ3v) is 5.77. The molecule has 0 radical (unpaired) electrons. The largest absolute Gasteiger partial charge is 0.444 e.